The number of hydrogen-bond acceptors (Lipinski definition) is 6. The summed E-state index contributed by atoms with van der Waals surface area (Å²) >= 11 is 2.88. The first-order valence-corrected chi connectivity index (χ1v) is 12.6. The number of aryl methyl sites for hydroxylation is 1. The van der Waals surface area contributed by atoms with E-state index in [1.54, 1.807) is 15.9 Å². The van der Waals surface area contributed by atoms with Crippen LogP contribution in [0.3, 0.4) is 0 Å². The average molecular weight is 477 g/mol. The summed E-state index contributed by atoms with van der Waals surface area (Å²) in [7, 11) is 2.09. The summed E-state index contributed by atoms with van der Waals surface area (Å²) in [6, 6.07) is 17.2. The van der Waals surface area contributed by atoms with Gasteiger partial charge in [-0.15, -0.1) is 11.3 Å². The monoisotopic (exact) mass is 476 g/mol. The molecule has 3 heterocycles. The minimum atomic E-state index is -0.134. The molecular weight excluding hydrogens is 452 g/mol. The van der Waals surface area contributed by atoms with Crippen LogP contribution in [-0.2, 0) is 17.8 Å². The summed E-state index contributed by atoms with van der Waals surface area (Å²) in [5.41, 5.74) is 3.71. The Balaban J connectivity index is 1.51. The van der Waals surface area contributed by atoms with Gasteiger partial charge in [0.1, 0.15) is 4.83 Å². The Labute approximate surface area is 200 Å². The number of thioether (sulfide) groups is 1. The standard InChI is InChI=1S/C25H24N4O2S2/c1-16-8-10-17(11-9-16)26-21(30)15-32-25-27-23-22(19-12-13-28(2)14-20(19)33-23)24(31)29(25)18-6-4-3-5-7-18/h3-11H,12-15H2,1-2H3,(H,26,30). The van der Waals surface area contributed by atoms with Crippen LogP contribution in [0.2, 0.25) is 0 Å². The minimum absolute atomic E-state index is 0.0605. The van der Waals surface area contributed by atoms with E-state index in [2.05, 4.69) is 17.3 Å². The minimum Gasteiger partial charge on any atom is -0.325 e. The van der Waals surface area contributed by atoms with E-state index < -0.39 is 0 Å². The molecule has 0 saturated carbocycles. The average Bonchev–Trinajstić information content (AvgIpc) is 3.17. The number of fused-ring (bicyclic) bond motifs is 3. The first-order chi connectivity index (χ1) is 16.0. The first kappa shape index (κ1) is 21.9. The summed E-state index contributed by atoms with van der Waals surface area (Å²) in [4.78, 5) is 35.5. The number of benzene rings is 2. The van der Waals surface area contributed by atoms with Crippen molar-refractivity contribution in [3.63, 3.8) is 0 Å². The van der Waals surface area contributed by atoms with Gasteiger partial charge in [0.05, 0.1) is 16.8 Å². The second-order valence-corrected chi connectivity index (χ2v) is 10.3. The molecule has 1 amide bonds. The molecule has 1 N–H and O–H groups in total. The molecule has 1 aliphatic heterocycles. The van der Waals surface area contributed by atoms with Crippen molar-refractivity contribution in [1.29, 1.82) is 0 Å². The molecule has 0 fully saturated rings. The highest BCUT2D eigenvalue weighted by Gasteiger charge is 2.24. The molecule has 168 valence electrons. The van der Waals surface area contributed by atoms with Crippen LogP contribution < -0.4 is 10.9 Å². The van der Waals surface area contributed by atoms with Gasteiger partial charge in [-0.2, -0.15) is 0 Å². The van der Waals surface area contributed by atoms with E-state index in [-0.39, 0.29) is 17.2 Å². The third kappa shape index (κ3) is 4.46. The first-order valence-electron chi connectivity index (χ1n) is 10.8. The van der Waals surface area contributed by atoms with Gasteiger partial charge in [0.2, 0.25) is 5.91 Å². The highest BCUT2D eigenvalue weighted by atomic mass is 32.2. The zero-order chi connectivity index (χ0) is 22.9. The number of nitrogens with zero attached hydrogens (tertiary/aromatic N) is 3. The van der Waals surface area contributed by atoms with Crippen LogP contribution in [0.4, 0.5) is 5.69 Å². The van der Waals surface area contributed by atoms with Gasteiger partial charge in [-0.3, -0.25) is 14.2 Å². The van der Waals surface area contributed by atoms with Gasteiger partial charge in [-0.05, 0) is 50.2 Å². The Morgan fingerprint density at radius 3 is 2.67 bits per heavy atom. The van der Waals surface area contributed by atoms with Crippen LogP contribution in [0.1, 0.15) is 16.0 Å². The number of aromatic nitrogens is 2. The highest BCUT2D eigenvalue weighted by Crippen LogP contribution is 2.34. The van der Waals surface area contributed by atoms with Gasteiger partial charge < -0.3 is 10.2 Å². The van der Waals surface area contributed by atoms with Gasteiger partial charge in [0.25, 0.3) is 5.56 Å². The number of anilines is 1. The zero-order valence-corrected chi connectivity index (χ0v) is 20.1. The Kier molecular flexibility index (Phi) is 6.05. The van der Waals surface area contributed by atoms with Crippen molar-refractivity contribution in [1.82, 2.24) is 14.5 Å². The second kappa shape index (κ2) is 9.13. The summed E-state index contributed by atoms with van der Waals surface area (Å²) in [5, 5.41) is 4.17. The molecule has 1 aliphatic rings. The molecule has 0 atom stereocenters. The predicted molar refractivity (Wildman–Crippen MR) is 136 cm³/mol. The van der Waals surface area contributed by atoms with Gasteiger partial charge in [-0.25, -0.2) is 4.98 Å². The molecule has 0 unspecified atom stereocenters. The molecule has 0 saturated heterocycles. The van der Waals surface area contributed by atoms with E-state index in [1.807, 2.05) is 61.5 Å². The van der Waals surface area contributed by atoms with Crippen molar-refractivity contribution in [2.75, 3.05) is 24.7 Å². The molecule has 5 rings (SSSR count). The summed E-state index contributed by atoms with van der Waals surface area (Å²) in [5.74, 6) is 0.0249. The number of nitrogens with one attached hydrogen (secondary N) is 1. The van der Waals surface area contributed by atoms with Crippen LogP contribution in [0.15, 0.2) is 64.5 Å². The maximum Gasteiger partial charge on any atom is 0.267 e. The molecule has 0 aliphatic carbocycles. The quantitative estimate of drug-likeness (QED) is 0.340. The lowest BCUT2D eigenvalue weighted by Gasteiger charge is -2.21. The lowest BCUT2D eigenvalue weighted by Crippen LogP contribution is -2.27. The smallest absolute Gasteiger partial charge is 0.267 e. The predicted octanol–water partition coefficient (Wildman–Crippen LogP) is 4.47. The number of amides is 1. The van der Waals surface area contributed by atoms with Crippen LogP contribution in [0, 0.1) is 6.92 Å². The number of carbonyl (C=O) groups is 1. The van der Waals surface area contributed by atoms with Crippen molar-refractivity contribution in [2.45, 2.75) is 25.0 Å². The van der Waals surface area contributed by atoms with E-state index in [4.69, 9.17) is 4.98 Å². The van der Waals surface area contributed by atoms with Crippen molar-refractivity contribution < 1.29 is 4.79 Å². The molecule has 4 aromatic rings. The molecule has 0 spiro atoms. The van der Waals surface area contributed by atoms with Gasteiger partial charge in [0, 0.05) is 23.7 Å². The molecular formula is C25H24N4O2S2. The Bertz CT molecular complexity index is 1380. The molecule has 0 bridgehead atoms. The van der Waals surface area contributed by atoms with Crippen LogP contribution in [0.25, 0.3) is 15.9 Å². The largest absolute Gasteiger partial charge is 0.325 e. The normalized spacial score (nSPS) is 13.8. The van der Waals surface area contributed by atoms with Crippen molar-refractivity contribution in [2.24, 2.45) is 0 Å². The van der Waals surface area contributed by atoms with Crippen molar-refractivity contribution >= 4 is 44.9 Å². The molecule has 33 heavy (non-hydrogen) atoms. The number of carbonyl (C=O) groups excluding carboxylic acids is 1. The molecule has 8 heteroatoms. The van der Waals surface area contributed by atoms with Crippen molar-refractivity contribution in [3.8, 4) is 5.69 Å². The van der Waals surface area contributed by atoms with Gasteiger partial charge >= 0.3 is 0 Å². The lowest BCUT2D eigenvalue weighted by atomic mass is 10.1. The van der Waals surface area contributed by atoms with Gasteiger partial charge in [0.15, 0.2) is 5.16 Å². The van der Waals surface area contributed by atoms with Crippen LogP contribution in [-0.4, -0.2) is 39.7 Å². The summed E-state index contributed by atoms with van der Waals surface area (Å²) in [6.45, 7) is 3.77. The van der Waals surface area contributed by atoms with E-state index in [1.165, 1.54) is 16.6 Å². The second-order valence-electron chi connectivity index (χ2n) is 8.25. The Morgan fingerprint density at radius 2 is 1.91 bits per heavy atom. The van der Waals surface area contributed by atoms with E-state index in [0.717, 1.165) is 52.2 Å². The topological polar surface area (TPSA) is 67.2 Å². The number of para-hydroxylation sites is 1. The number of likely N-dealkylation sites (N-methyl/N-ethyl adjacent to an activating group) is 1. The van der Waals surface area contributed by atoms with Crippen LogP contribution >= 0.6 is 23.1 Å². The third-order valence-electron chi connectivity index (χ3n) is 5.72. The molecule has 6 nitrogen and oxygen atoms in total. The van der Waals surface area contributed by atoms with Gasteiger partial charge in [-0.1, -0.05) is 47.7 Å². The fourth-order valence-electron chi connectivity index (χ4n) is 4.02. The van der Waals surface area contributed by atoms with Crippen LogP contribution in [0.5, 0.6) is 0 Å². The SMILES string of the molecule is Cc1ccc(NC(=O)CSc2nc3sc4c(c3c(=O)n2-c2ccccc2)CCN(C)C4)cc1. The van der Waals surface area contributed by atoms with E-state index in [0.29, 0.717) is 5.16 Å². The number of hydrogen-bond donors (Lipinski definition) is 1. The molecule has 2 aromatic heterocycles. The molecule has 2 aromatic carbocycles. The summed E-state index contributed by atoms with van der Waals surface area (Å²) < 4.78 is 1.65. The van der Waals surface area contributed by atoms with E-state index >= 15 is 0 Å². The Hall–Kier alpha value is -2.94. The summed E-state index contributed by atoms with van der Waals surface area (Å²) in [6.07, 6.45) is 0.850. The fraction of sp³-hybridized carbons (Fsp3) is 0.240. The van der Waals surface area contributed by atoms with Crippen molar-refractivity contribution in [3.05, 3.63) is 81.0 Å². The molecule has 0 radical (unpaired) electrons. The third-order valence-corrected chi connectivity index (χ3v) is 7.77. The fourth-order valence-corrected chi connectivity index (χ4v) is 6.17. The Morgan fingerprint density at radius 1 is 1.15 bits per heavy atom. The number of thiophene rings is 1. The maximum atomic E-state index is 13.7. The van der Waals surface area contributed by atoms with E-state index in [9.17, 15) is 9.59 Å². The number of rotatable bonds is 5. The maximum absolute atomic E-state index is 13.7. The lowest BCUT2D eigenvalue weighted by molar-refractivity contribution is -0.113. The highest BCUT2D eigenvalue weighted by molar-refractivity contribution is 7.99. The zero-order valence-electron chi connectivity index (χ0n) is 18.5.